The molecule has 1 unspecified atom stereocenters. The van der Waals surface area contributed by atoms with E-state index in [0.717, 1.165) is 11.1 Å². The smallest absolute Gasteiger partial charge is 0.407 e. The van der Waals surface area contributed by atoms with E-state index in [-0.39, 0.29) is 36.9 Å². The minimum absolute atomic E-state index is 0.00203. The number of hydrogen-bond donors (Lipinski definition) is 2. The molecule has 2 amide bonds. The first-order chi connectivity index (χ1) is 16.4. The molecule has 2 N–H and O–H groups in total. The summed E-state index contributed by atoms with van der Waals surface area (Å²) in [4.78, 5) is 38.2. The van der Waals surface area contributed by atoms with Crippen molar-refractivity contribution in [3.63, 3.8) is 0 Å². The van der Waals surface area contributed by atoms with Crippen molar-refractivity contribution in [3.05, 3.63) is 59.7 Å². The molecule has 7 nitrogen and oxygen atoms in total. The van der Waals surface area contributed by atoms with Crippen molar-refractivity contribution in [2.75, 3.05) is 13.2 Å². The molecule has 0 radical (unpaired) electrons. The van der Waals surface area contributed by atoms with Crippen molar-refractivity contribution in [2.45, 2.75) is 57.5 Å². The van der Waals surface area contributed by atoms with Crippen LogP contribution in [0.1, 0.15) is 56.6 Å². The average Bonchev–Trinajstić information content (AvgIpc) is 3.15. The second kappa shape index (κ2) is 10.3. The Morgan fingerprint density at radius 3 is 2.32 bits per heavy atom. The SMILES string of the molecule is CC(CCC(=O)N1CCC[C@H](C(=O)O)[C@@H]1C)NC(=O)OCC1c2ccccc2-c2ccccc21. The molecule has 2 aliphatic rings. The standard InChI is InChI=1S/C27H32N2O5/c1-17(13-14-25(30)29-15-7-12-19(18(29)2)26(31)32)28-27(33)34-16-24-22-10-5-3-8-20(22)21-9-4-6-11-23(21)24/h3-6,8-11,17-19,24H,7,12-16H2,1-2H3,(H,28,33)(H,31,32)/t17?,18-,19-/m0/s1. The van der Waals surface area contributed by atoms with Crippen LogP contribution in [0.3, 0.4) is 0 Å². The number of benzene rings is 2. The lowest BCUT2D eigenvalue weighted by Gasteiger charge is -2.37. The normalized spacial score (nSPS) is 20.2. The first kappa shape index (κ1) is 23.8. The molecule has 1 aliphatic carbocycles. The maximum absolute atomic E-state index is 12.7. The van der Waals surface area contributed by atoms with Crippen LogP contribution in [0.5, 0.6) is 0 Å². The Labute approximate surface area is 200 Å². The molecule has 2 aromatic carbocycles. The summed E-state index contributed by atoms with van der Waals surface area (Å²) in [6.07, 6.45) is 1.51. The number of amides is 2. The molecule has 4 rings (SSSR count). The van der Waals surface area contributed by atoms with E-state index >= 15 is 0 Å². The Hall–Kier alpha value is -3.35. The minimum atomic E-state index is -0.852. The number of carboxylic acids is 1. The molecule has 3 atom stereocenters. The van der Waals surface area contributed by atoms with Crippen molar-refractivity contribution in [1.29, 1.82) is 0 Å². The highest BCUT2D eigenvalue weighted by Crippen LogP contribution is 2.44. The van der Waals surface area contributed by atoms with Crippen LogP contribution in [-0.2, 0) is 14.3 Å². The fourth-order valence-electron chi connectivity index (χ4n) is 5.22. The molecule has 0 bridgehead atoms. The summed E-state index contributed by atoms with van der Waals surface area (Å²) in [6.45, 7) is 4.47. The van der Waals surface area contributed by atoms with Crippen molar-refractivity contribution in [2.24, 2.45) is 5.92 Å². The van der Waals surface area contributed by atoms with E-state index < -0.39 is 18.0 Å². The van der Waals surface area contributed by atoms with E-state index in [1.165, 1.54) is 11.1 Å². The third-order valence-corrected chi connectivity index (χ3v) is 7.12. The molecule has 34 heavy (non-hydrogen) atoms. The van der Waals surface area contributed by atoms with Crippen LogP contribution < -0.4 is 5.32 Å². The zero-order valence-corrected chi connectivity index (χ0v) is 19.7. The number of nitrogens with one attached hydrogen (secondary N) is 1. The number of nitrogens with zero attached hydrogens (tertiary/aromatic N) is 1. The van der Waals surface area contributed by atoms with Gasteiger partial charge < -0.3 is 20.1 Å². The highest BCUT2D eigenvalue weighted by atomic mass is 16.5. The topological polar surface area (TPSA) is 95.9 Å². The second-order valence-electron chi connectivity index (χ2n) is 9.32. The van der Waals surface area contributed by atoms with E-state index in [0.29, 0.717) is 25.8 Å². The third-order valence-electron chi connectivity index (χ3n) is 7.12. The lowest BCUT2D eigenvalue weighted by atomic mass is 9.90. The summed E-state index contributed by atoms with van der Waals surface area (Å²) in [5.74, 6) is -1.44. The molecule has 2 aromatic rings. The predicted molar refractivity (Wildman–Crippen MR) is 128 cm³/mol. The van der Waals surface area contributed by atoms with Crippen LogP contribution in [0.4, 0.5) is 4.79 Å². The second-order valence-corrected chi connectivity index (χ2v) is 9.32. The van der Waals surface area contributed by atoms with Crippen molar-refractivity contribution < 1.29 is 24.2 Å². The summed E-state index contributed by atoms with van der Waals surface area (Å²) in [5.41, 5.74) is 4.67. The van der Waals surface area contributed by atoms with Crippen LogP contribution in [0.2, 0.25) is 0 Å². The molecule has 1 heterocycles. The summed E-state index contributed by atoms with van der Waals surface area (Å²) in [7, 11) is 0. The number of carbonyl (C=O) groups excluding carboxylic acids is 2. The lowest BCUT2D eigenvalue weighted by Crippen LogP contribution is -2.49. The summed E-state index contributed by atoms with van der Waals surface area (Å²) in [5, 5.41) is 12.2. The fourth-order valence-corrected chi connectivity index (χ4v) is 5.22. The molecule has 0 saturated carbocycles. The van der Waals surface area contributed by atoms with Gasteiger partial charge in [0.15, 0.2) is 0 Å². The van der Waals surface area contributed by atoms with Crippen LogP contribution >= 0.6 is 0 Å². The van der Waals surface area contributed by atoms with Crippen LogP contribution in [-0.4, -0.2) is 53.2 Å². The van der Waals surface area contributed by atoms with Crippen LogP contribution in [0.15, 0.2) is 48.5 Å². The summed E-state index contributed by atoms with van der Waals surface area (Å²) < 4.78 is 5.58. The number of piperidine rings is 1. The number of hydrogen-bond acceptors (Lipinski definition) is 4. The van der Waals surface area contributed by atoms with Crippen LogP contribution in [0, 0.1) is 5.92 Å². The van der Waals surface area contributed by atoms with Gasteiger partial charge in [-0.3, -0.25) is 9.59 Å². The number of rotatable bonds is 7. The zero-order valence-electron chi connectivity index (χ0n) is 19.7. The largest absolute Gasteiger partial charge is 0.481 e. The monoisotopic (exact) mass is 464 g/mol. The van der Waals surface area contributed by atoms with Crippen molar-refractivity contribution in [3.8, 4) is 11.1 Å². The van der Waals surface area contributed by atoms with E-state index in [1.807, 2.05) is 31.2 Å². The first-order valence-electron chi connectivity index (χ1n) is 12.0. The molecule has 0 spiro atoms. The lowest BCUT2D eigenvalue weighted by molar-refractivity contribution is -0.149. The maximum Gasteiger partial charge on any atom is 0.407 e. The van der Waals surface area contributed by atoms with Gasteiger partial charge in [-0.05, 0) is 55.4 Å². The van der Waals surface area contributed by atoms with E-state index in [2.05, 4.69) is 29.6 Å². The Morgan fingerprint density at radius 2 is 1.71 bits per heavy atom. The van der Waals surface area contributed by atoms with Gasteiger partial charge in [-0.1, -0.05) is 48.5 Å². The Kier molecular flexibility index (Phi) is 7.20. The van der Waals surface area contributed by atoms with Gasteiger partial charge in [0, 0.05) is 31.0 Å². The molecule has 180 valence electrons. The van der Waals surface area contributed by atoms with Gasteiger partial charge in [0.2, 0.25) is 5.91 Å². The number of carboxylic acid groups (broad SMARTS) is 1. The zero-order chi connectivity index (χ0) is 24.2. The third kappa shape index (κ3) is 4.93. The van der Waals surface area contributed by atoms with Gasteiger partial charge in [-0.15, -0.1) is 0 Å². The number of likely N-dealkylation sites (tertiary alicyclic amines) is 1. The van der Waals surface area contributed by atoms with Gasteiger partial charge in [0.05, 0.1) is 5.92 Å². The molecular formula is C27H32N2O5. The maximum atomic E-state index is 12.7. The minimum Gasteiger partial charge on any atom is -0.481 e. The Bertz CT molecular complexity index is 1020. The van der Waals surface area contributed by atoms with Gasteiger partial charge in [0.1, 0.15) is 6.61 Å². The predicted octanol–water partition coefficient (Wildman–Crippen LogP) is 4.41. The average molecular weight is 465 g/mol. The van der Waals surface area contributed by atoms with Gasteiger partial charge >= 0.3 is 12.1 Å². The highest BCUT2D eigenvalue weighted by molar-refractivity contribution is 5.80. The fraction of sp³-hybridized carbons (Fsp3) is 0.444. The number of fused-ring (bicyclic) bond motifs is 3. The number of alkyl carbamates (subject to hydrolysis) is 1. The summed E-state index contributed by atoms with van der Waals surface area (Å²) >= 11 is 0. The van der Waals surface area contributed by atoms with Gasteiger partial charge in [-0.2, -0.15) is 0 Å². The number of ether oxygens (including phenoxy) is 1. The quantitative estimate of drug-likeness (QED) is 0.633. The highest BCUT2D eigenvalue weighted by Gasteiger charge is 2.35. The van der Waals surface area contributed by atoms with Crippen molar-refractivity contribution in [1.82, 2.24) is 10.2 Å². The molecular weight excluding hydrogens is 432 g/mol. The van der Waals surface area contributed by atoms with Gasteiger partial charge in [0.25, 0.3) is 0 Å². The van der Waals surface area contributed by atoms with E-state index in [4.69, 9.17) is 4.74 Å². The van der Waals surface area contributed by atoms with Crippen molar-refractivity contribution >= 4 is 18.0 Å². The number of carbonyl (C=O) groups is 3. The molecule has 1 aliphatic heterocycles. The van der Waals surface area contributed by atoms with Gasteiger partial charge in [-0.25, -0.2) is 4.79 Å². The molecule has 0 aromatic heterocycles. The van der Waals surface area contributed by atoms with E-state index in [9.17, 15) is 19.5 Å². The Balaban J connectivity index is 1.26. The first-order valence-corrected chi connectivity index (χ1v) is 12.0. The van der Waals surface area contributed by atoms with E-state index in [1.54, 1.807) is 11.8 Å². The number of aliphatic carboxylic acids is 1. The van der Waals surface area contributed by atoms with Crippen LogP contribution in [0.25, 0.3) is 11.1 Å². The summed E-state index contributed by atoms with van der Waals surface area (Å²) in [6, 6.07) is 15.8. The molecule has 1 fully saturated rings. The Morgan fingerprint density at radius 1 is 1.09 bits per heavy atom. The molecule has 7 heteroatoms. The molecule has 1 saturated heterocycles.